The molecule has 0 unspecified atom stereocenters. The van der Waals surface area contributed by atoms with E-state index >= 15 is 0 Å². The van der Waals surface area contributed by atoms with E-state index in [1.54, 1.807) is 11.0 Å². The fourth-order valence-electron chi connectivity index (χ4n) is 2.90. The molecular weight excluding hydrogens is 471 g/mol. The number of benzene rings is 1. The molecule has 1 aromatic carbocycles. The van der Waals surface area contributed by atoms with Crippen molar-refractivity contribution in [3.05, 3.63) is 21.4 Å². The molecule has 3 rings (SSSR count). The number of hydrogen-bond donors (Lipinski definition) is 0. The van der Waals surface area contributed by atoms with Crippen molar-refractivity contribution in [1.29, 1.82) is 0 Å². The quantitative estimate of drug-likeness (QED) is 0.336. The second-order valence-electron chi connectivity index (χ2n) is 7.37. The lowest BCUT2D eigenvalue weighted by atomic mass is 10.2. The lowest BCUT2D eigenvalue weighted by Gasteiger charge is -2.36. The number of aromatic nitrogens is 2. The van der Waals surface area contributed by atoms with Crippen LogP contribution in [-0.2, 0) is 4.74 Å². The molecule has 0 spiro atoms. The van der Waals surface area contributed by atoms with Crippen LogP contribution in [0.2, 0.25) is 5.02 Å². The van der Waals surface area contributed by atoms with Gasteiger partial charge < -0.3 is 14.5 Å². The van der Waals surface area contributed by atoms with Crippen molar-refractivity contribution in [2.75, 3.05) is 37.3 Å². The molecule has 2 heterocycles. The molecule has 1 aliphatic rings. The minimum atomic E-state index is -0.536. The fraction of sp³-hybridized carbons (Fsp3) is 0.500. The van der Waals surface area contributed by atoms with Crippen molar-refractivity contribution in [2.24, 2.45) is 0 Å². The van der Waals surface area contributed by atoms with Gasteiger partial charge in [-0.15, -0.1) is 0 Å². The van der Waals surface area contributed by atoms with Gasteiger partial charge in [0.1, 0.15) is 16.9 Å². The Hall–Kier alpha value is -1.32. The van der Waals surface area contributed by atoms with Crippen molar-refractivity contribution in [1.82, 2.24) is 14.9 Å². The van der Waals surface area contributed by atoms with E-state index in [1.807, 2.05) is 31.9 Å². The number of anilines is 1. The molecule has 1 aliphatic heterocycles. The van der Waals surface area contributed by atoms with Crippen molar-refractivity contribution < 1.29 is 13.9 Å². The number of nitrogens with zero attached hydrogens (tertiary/aromatic N) is 4. The number of ether oxygens (including phenoxy) is 1. The first-order valence-electron chi connectivity index (χ1n) is 8.73. The van der Waals surface area contributed by atoms with Crippen LogP contribution in [0, 0.1) is 5.82 Å². The number of amides is 1. The van der Waals surface area contributed by atoms with Crippen LogP contribution in [0.25, 0.3) is 10.9 Å². The van der Waals surface area contributed by atoms with Crippen LogP contribution >= 0.6 is 39.3 Å². The van der Waals surface area contributed by atoms with Crippen molar-refractivity contribution >= 4 is 62.1 Å². The first-order valence-corrected chi connectivity index (χ1v) is 11.1. The van der Waals surface area contributed by atoms with E-state index < -0.39 is 11.4 Å². The van der Waals surface area contributed by atoms with Gasteiger partial charge in [-0.25, -0.2) is 19.2 Å². The number of halogens is 3. The minimum Gasteiger partial charge on any atom is -0.444 e. The van der Waals surface area contributed by atoms with Gasteiger partial charge in [0.25, 0.3) is 0 Å². The smallest absolute Gasteiger partial charge is 0.410 e. The van der Waals surface area contributed by atoms with Gasteiger partial charge in [0, 0.05) is 31.6 Å². The predicted molar refractivity (Wildman–Crippen MR) is 114 cm³/mol. The average molecular weight is 492 g/mol. The van der Waals surface area contributed by atoms with Crippen molar-refractivity contribution in [3.8, 4) is 0 Å². The van der Waals surface area contributed by atoms with E-state index in [2.05, 4.69) is 25.9 Å². The normalized spacial score (nSPS) is 15.2. The minimum absolute atomic E-state index is 0.188. The van der Waals surface area contributed by atoms with Gasteiger partial charge >= 0.3 is 6.09 Å². The van der Waals surface area contributed by atoms with E-state index in [1.165, 1.54) is 11.8 Å². The molecule has 152 valence electrons. The largest absolute Gasteiger partial charge is 0.444 e. The van der Waals surface area contributed by atoms with Gasteiger partial charge in [0.05, 0.1) is 9.50 Å². The lowest BCUT2D eigenvalue weighted by molar-refractivity contribution is 0.0240. The van der Waals surface area contributed by atoms with Gasteiger partial charge in [-0.05, 0) is 49.0 Å². The highest BCUT2D eigenvalue weighted by atomic mass is 79.9. The second-order valence-corrected chi connectivity index (χ2v) is 9.34. The van der Waals surface area contributed by atoms with Crippen molar-refractivity contribution in [2.45, 2.75) is 31.5 Å². The number of piperazine rings is 1. The summed E-state index contributed by atoms with van der Waals surface area (Å²) >= 11 is 10.7. The monoisotopic (exact) mass is 490 g/mol. The van der Waals surface area contributed by atoms with E-state index in [-0.39, 0.29) is 21.1 Å². The first kappa shape index (κ1) is 21.4. The summed E-state index contributed by atoms with van der Waals surface area (Å²) in [6.07, 6.45) is 1.51. The number of hydrogen-bond acceptors (Lipinski definition) is 6. The van der Waals surface area contributed by atoms with Crippen LogP contribution in [0.5, 0.6) is 0 Å². The molecule has 1 aromatic heterocycles. The molecule has 28 heavy (non-hydrogen) atoms. The lowest BCUT2D eigenvalue weighted by Crippen LogP contribution is -2.50. The molecule has 1 amide bonds. The Morgan fingerprint density at radius 3 is 2.50 bits per heavy atom. The van der Waals surface area contributed by atoms with E-state index in [0.717, 1.165) is 0 Å². The Kier molecular flexibility index (Phi) is 6.26. The molecule has 6 nitrogen and oxygen atoms in total. The molecule has 1 fully saturated rings. The summed E-state index contributed by atoms with van der Waals surface area (Å²) in [6.45, 7) is 7.60. The third-order valence-corrected chi connectivity index (χ3v) is 6.05. The highest BCUT2D eigenvalue weighted by Crippen LogP contribution is 2.36. The summed E-state index contributed by atoms with van der Waals surface area (Å²) in [5, 5.41) is 1.29. The van der Waals surface area contributed by atoms with Gasteiger partial charge in [-0.2, -0.15) is 0 Å². The zero-order valence-corrected chi connectivity index (χ0v) is 19.2. The third kappa shape index (κ3) is 4.46. The summed E-state index contributed by atoms with van der Waals surface area (Å²) < 4.78 is 20.4. The summed E-state index contributed by atoms with van der Waals surface area (Å²) in [7, 11) is 0. The summed E-state index contributed by atoms with van der Waals surface area (Å²) in [6, 6.07) is 1.67. The predicted octanol–water partition coefficient (Wildman–Crippen LogP) is 4.96. The fourth-order valence-corrected chi connectivity index (χ4v) is 3.75. The summed E-state index contributed by atoms with van der Waals surface area (Å²) in [5.74, 6) is 0.111. The molecule has 2 aromatic rings. The van der Waals surface area contributed by atoms with Gasteiger partial charge in [0.15, 0.2) is 11.0 Å². The highest BCUT2D eigenvalue weighted by Gasteiger charge is 2.28. The van der Waals surface area contributed by atoms with E-state index in [0.29, 0.717) is 42.5 Å². The maximum absolute atomic E-state index is 14.7. The summed E-state index contributed by atoms with van der Waals surface area (Å²) in [4.78, 5) is 24.9. The Balaban J connectivity index is 1.89. The van der Waals surface area contributed by atoms with Gasteiger partial charge in [0.2, 0.25) is 0 Å². The Labute approximate surface area is 180 Å². The van der Waals surface area contributed by atoms with Crippen LogP contribution in [0.4, 0.5) is 15.0 Å². The molecule has 1 saturated heterocycles. The molecule has 0 saturated carbocycles. The number of carbonyl (C=O) groups excluding carboxylic acids is 1. The van der Waals surface area contributed by atoms with Crippen LogP contribution in [0.1, 0.15) is 20.8 Å². The van der Waals surface area contributed by atoms with Crippen LogP contribution in [0.15, 0.2) is 15.7 Å². The standard InChI is InChI=1S/C18H21BrClFN4O2S/c1-18(2,3)27-17(26)25-7-5-24(6-8-25)15-10-9-11(20)12(19)13(21)14(10)22-16(23-15)28-4/h9H,5-8H2,1-4H3. The van der Waals surface area contributed by atoms with Gasteiger partial charge in [-0.1, -0.05) is 23.4 Å². The Morgan fingerprint density at radius 1 is 1.29 bits per heavy atom. The second kappa shape index (κ2) is 8.20. The third-order valence-electron chi connectivity index (χ3n) is 4.20. The molecule has 0 atom stereocenters. The van der Waals surface area contributed by atoms with Crippen molar-refractivity contribution in [3.63, 3.8) is 0 Å². The highest BCUT2D eigenvalue weighted by molar-refractivity contribution is 9.10. The maximum atomic E-state index is 14.7. The van der Waals surface area contributed by atoms with Crippen LogP contribution < -0.4 is 4.90 Å². The van der Waals surface area contributed by atoms with Gasteiger partial charge in [-0.3, -0.25) is 0 Å². The number of thioether (sulfide) groups is 1. The molecule has 0 N–H and O–H groups in total. The van der Waals surface area contributed by atoms with Crippen LogP contribution in [0.3, 0.4) is 0 Å². The maximum Gasteiger partial charge on any atom is 0.410 e. The zero-order valence-electron chi connectivity index (χ0n) is 16.1. The Bertz CT molecular complexity index is 917. The molecule has 10 heteroatoms. The van der Waals surface area contributed by atoms with Crippen LogP contribution in [-0.4, -0.2) is 59.0 Å². The molecule has 0 bridgehead atoms. The zero-order chi connectivity index (χ0) is 20.6. The number of carbonyl (C=O) groups is 1. The topological polar surface area (TPSA) is 58.6 Å². The van der Waals surface area contributed by atoms with E-state index in [4.69, 9.17) is 16.3 Å². The Morgan fingerprint density at radius 2 is 1.93 bits per heavy atom. The summed E-state index contributed by atoms with van der Waals surface area (Å²) in [5.41, 5.74) is -0.313. The number of fused-ring (bicyclic) bond motifs is 1. The van der Waals surface area contributed by atoms with E-state index in [9.17, 15) is 9.18 Å². The first-order chi connectivity index (χ1) is 13.1. The average Bonchev–Trinajstić information content (AvgIpc) is 2.64. The molecule has 0 radical (unpaired) electrons. The number of rotatable bonds is 2. The molecule has 0 aliphatic carbocycles. The SMILES string of the molecule is CSc1nc(N2CCN(C(=O)OC(C)(C)C)CC2)c2cc(Cl)c(Br)c(F)c2n1. The molecular formula is C18H21BrClFN4O2S.